The van der Waals surface area contributed by atoms with Gasteiger partial charge in [0.05, 0.1) is 18.6 Å². The van der Waals surface area contributed by atoms with Crippen LogP contribution in [0.1, 0.15) is 84.0 Å². The second-order valence-corrected chi connectivity index (χ2v) is 6.08. The van der Waals surface area contributed by atoms with E-state index < -0.39 is 18.0 Å². The standard InChI is InChI=1S/C17H34O4/c1-2-3-4-5-6-7-8-9-10-11-12-15(17(20)21)13-16(19)14-18/h15-16,18-19H,2-14H2,1H3,(H,20,21). The van der Waals surface area contributed by atoms with Crippen molar-refractivity contribution < 1.29 is 20.1 Å². The van der Waals surface area contributed by atoms with Gasteiger partial charge in [-0.2, -0.15) is 0 Å². The van der Waals surface area contributed by atoms with Crippen molar-refractivity contribution in [2.45, 2.75) is 90.1 Å². The minimum atomic E-state index is -0.908. The number of rotatable bonds is 15. The van der Waals surface area contributed by atoms with E-state index in [0.29, 0.717) is 6.42 Å². The predicted molar refractivity (Wildman–Crippen MR) is 85.3 cm³/mol. The van der Waals surface area contributed by atoms with Crippen LogP contribution in [0, 0.1) is 5.92 Å². The van der Waals surface area contributed by atoms with Crippen LogP contribution in [-0.2, 0) is 4.79 Å². The molecule has 0 aliphatic rings. The van der Waals surface area contributed by atoms with Gasteiger partial charge in [-0.05, 0) is 12.8 Å². The van der Waals surface area contributed by atoms with Gasteiger partial charge in [0.25, 0.3) is 0 Å². The number of hydrogen-bond donors (Lipinski definition) is 3. The molecule has 126 valence electrons. The average Bonchev–Trinajstić information content (AvgIpc) is 2.47. The number of aliphatic hydroxyl groups excluding tert-OH is 2. The fraction of sp³-hybridized carbons (Fsp3) is 0.941. The van der Waals surface area contributed by atoms with E-state index in [1.165, 1.54) is 51.4 Å². The number of carbonyl (C=O) groups is 1. The smallest absolute Gasteiger partial charge is 0.306 e. The van der Waals surface area contributed by atoms with E-state index in [4.69, 9.17) is 10.2 Å². The van der Waals surface area contributed by atoms with Gasteiger partial charge in [0.15, 0.2) is 0 Å². The van der Waals surface area contributed by atoms with Crippen LogP contribution in [0.4, 0.5) is 0 Å². The van der Waals surface area contributed by atoms with Gasteiger partial charge in [-0.1, -0.05) is 71.1 Å². The van der Waals surface area contributed by atoms with Crippen LogP contribution in [-0.4, -0.2) is 34.0 Å². The molecule has 0 aromatic rings. The summed E-state index contributed by atoms with van der Waals surface area (Å²) in [6.45, 7) is 1.87. The molecule has 2 atom stereocenters. The number of unbranched alkanes of at least 4 members (excludes halogenated alkanes) is 9. The maximum Gasteiger partial charge on any atom is 0.306 e. The van der Waals surface area contributed by atoms with Crippen molar-refractivity contribution in [2.24, 2.45) is 5.92 Å². The maximum absolute atomic E-state index is 11.0. The predicted octanol–water partition coefficient (Wildman–Crippen LogP) is 3.74. The Morgan fingerprint density at radius 2 is 1.38 bits per heavy atom. The lowest BCUT2D eigenvalue weighted by molar-refractivity contribution is -0.143. The largest absolute Gasteiger partial charge is 0.481 e. The Kier molecular flexibility index (Phi) is 13.9. The number of hydrogen-bond acceptors (Lipinski definition) is 3. The zero-order valence-corrected chi connectivity index (χ0v) is 13.6. The molecular weight excluding hydrogens is 268 g/mol. The molecular formula is C17H34O4. The second kappa shape index (κ2) is 14.3. The summed E-state index contributed by atoms with van der Waals surface area (Å²) in [4.78, 5) is 11.0. The summed E-state index contributed by atoms with van der Waals surface area (Å²) in [5, 5.41) is 27.2. The number of carboxylic acids is 1. The molecule has 0 saturated carbocycles. The molecule has 0 amide bonds. The quantitative estimate of drug-likeness (QED) is 0.403. The van der Waals surface area contributed by atoms with Crippen molar-refractivity contribution in [1.29, 1.82) is 0 Å². The summed E-state index contributed by atoms with van der Waals surface area (Å²) in [6.07, 6.45) is 12.1. The molecule has 0 rings (SSSR count). The molecule has 3 N–H and O–H groups in total. The molecule has 0 aliphatic heterocycles. The Hall–Kier alpha value is -0.610. The van der Waals surface area contributed by atoms with Crippen molar-refractivity contribution in [2.75, 3.05) is 6.61 Å². The van der Waals surface area contributed by atoms with Crippen LogP contribution >= 0.6 is 0 Å². The molecule has 21 heavy (non-hydrogen) atoms. The maximum atomic E-state index is 11.0. The van der Waals surface area contributed by atoms with Gasteiger partial charge in [-0.15, -0.1) is 0 Å². The number of aliphatic carboxylic acids is 1. The summed E-state index contributed by atoms with van der Waals surface area (Å²) >= 11 is 0. The molecule has 0 fully saturated rings. The summed E-state index contributed by atoms with van der Waals surface area (Å²) in [5.74, 6) is -1.39. The molecule has 0 aliphatic carbocycles. The Morgan fingerprint density at radius 3 is 1.81 bits per heavy atom. The van der Waals surface area contributed by atoms with Gasteiger partial charge in [0.2, 0.25) is 0 Å². The molecule has 0 aromatic heterocycles. The summed E-state index contributed by atoms with van der Waals surface area (Å²) in [6, 6.07) is 0. The Balaban J connectivity index is 3.48. The lowest BCUT2D eigenvalue weighted by atomic mass is 9.94. The highest BCUT2D eigenvalue weighted by Gasteiger charge is 2.20. The Morgan fingerprint density at radius 1 is 0.905 bits per heavy atom. The van der Waals surface area contributed by atoms with Crippen molar-refractivity contribution in [3.63, 3.8) is 0 Å². The van der Waals surface area contributed by atoms with Crippen LogP contribution in [0.5, 0.6) is 0 Å². The van der Waals surface area contributed by atoms with Crippen LogP contribution in [0.25, 0.3) is 0 Å². The van der Waals surface area contributed by atoms with Gasteiger partial charge in [-0.25, -0.2) is 0 Å². The van der Waals surface area contributed by atoms with Gasteiger partial charge >= 0.3 is 5.97 Å². The molecule has 4 heteroatoms. The van der Waals surface area contributed by atoms with Crippen LogP contribution in [0.15, 0.2) is 0 Å². The van der Waals surface area contributed by atoms with Gasteiger partial charge in [-0.3, -0.25) is 4.79 Å². The fourth-order valence-corrected chi connectivity index (χ4v) is 2.62. The summed E-state index contributed by atoms with van der Waals surface area (Å²) in [7, 11) is 0. The molecule has 0 saturated heterocycles. The molecule has 0 heterocycles. The van der Waals surface area contributed by atoms with E-state index in [1.54, 1.807) is 0 Å². The van der Waals surface area contributed by atoms with Crippen LogP contribution < -0.4 is 0 Å². The highest BCUT2D eigenvalue weighted by atomic mass is 16.4. The first-order valence-electron chi connectivity index (χ1n) is 8.63. The summed E-state index contributed by atoms with van der Waals surface area (Å²) in [5.41, 5.74) is 0. The zero-order valence-electron chi connectivity index (χ0n) is 13.6. The van der Waals surface area contributed by atoms with Gasteiger partial charge < -0.3 is 15.3 Å². The zero-order chi connectivity index (χ0) is 15.9. The lowest BCUT2D eigenvalue weighted by Gasteiger charge is -2.15. The topological polar surface area (TPSA) is 77.8 Å². The second-order valence-electron chi connectivity index (χ2n) is 6.08. The molecule has 0 bridgehead atoms. The molecule has 4 nitrogen and oxygen atoms in total. The average molecular weight is 302 g/mol. The third-order valence-corrected chi connectivity index (χ3v) is 4.02. The monoisotopic (exact) mass is 302 g/mol. The lowest BCUT2D eigenvalue weighted by Crippen LogP contribution is -2.23. The first-order valence-corrected chi connectivity index (χ1v) is 8.63. The highest BCUT2D eigenvalue weighted by Crippen LogP contribution is 2.18. The van der Waals surface area contributed by atoms with E-state index in [9.17, 15) is 9.90 Å². The van der Waals surface area contributed by atoms with Crippen molar-refractivity contribution >= 4 is 5.97 Å². The first kappa shape index (κ1) is 20.4. The normalized spacial score (nSPS) is 14.0. The van der Waals surface area contributed by atoms with E-state index in [1.807, 2.05) is 0 Å². The van der Waals surface area contributed by atoms with E-state index in [0.717, 1.165) is 12.8 Å². The minimum Gasteiger partial charge on any atom is -0.481 e. The van der Waals surface area contributed by atoms with E-state index >= 15 is 0 Å². The summed E-state index contributed by atoms with van der Waals surface area (Å²) < 4.78 is 0. The van der Waals surface area contributed by atoms with Gasteiger partial charge in [0.1, 0.15) is 0 Å². The number of aliphatic hydroxyl groups is 2. The Bertz CT molecular complexity index is 243. The van der Waals surface area contributed by atoms with Crippen LogP contribution in [0.2, 0.25) is 0 Å². The molecule has 0 aromatic carbocycles. The minimum absolute atomic E-state index is 0.156. The third kappa shape index (κ3) is 12.8. The Labute approximate surface area is 129 Å². The van der Waals surface area contributed by atoms with Crippen molar-refractivity contribution in [1.82, 2.24) is 0 Å². The van der Waals surface area contributed by atoms with Crippen LogP contribution in [0.3, 0.4) is 0 Å². The van der Waals surface area contributed by atoms with Crippen molar-refractivity contribution in [3.05, 3.63) is 0 Å². The number of carboxylic acid groups (broad SMARTS) is 1. The molecule has 0 radical (unpaired) electrons. The fourth-order valence-electron chi connectivity index (χ4n) is 2.62. The van der Waals surface area contributed by atoms with E-state index in [-0.39, 0.29) is 13.0 Å². The molecule has 2 unspecified atom stereocenters. The van der Waals surface area contributed by atoms with Gasteiger partial charge in [0, 0.05) is 0 Å². The molecule has 0 spiro atoms. The van der Waals surface area contributed by atoms with Crippen molar-refractivity contribution in [3.8, 4) is 0 Å². The SMILES string of the molecule is CCCCCCCCCCCCC(CC(O)CO)C(=O)O. The first-order chi connectivity index (χ1) is 10.1. The highest BCUT2D eigenvalue weighted by molar-refractivity contribution is 5.69. The van der Waals surface area contributed by atoms with E-state index in [2.05, 4.69) is 6.92 Å². The third-order valence-electron chi connectivity index (χ3n) is 4.02.